The molecule has 5 N–H and O–H groups in total. The number of hydrogen-bond donors (Lipinski definition) is 4. The van der Waals surface area contributed by atoms with Crippen molar-refractivity contribution in [3.8, 4) is 0 Å². The summed E-state index contributed by atoms with van der Waals surface area (Å²) in [6, 6.07) is 17.5. The van der Waals surface area contributed by atoms with Crippen LogP contribution in [0.15, 0.2) is 60.8 Å². The number of benzene rings is 2. The van der Waals surface area contributed by atoms with Gasteiger partial charge in [-0.15, -0.1) is 0 Å². The zero-order valence-electron chi connectivity index (χ0n) is 26.4. The summed E-state index contributed by atoms with van der Waals surface area (Å²) in [5.41, 5.74) is 9.76. The van der Waals surface area contributed by atoms with Crippen LogP contribution in [0.25, 0.3) is 0 Å². The van der Waals surface area contributed by atoms with E-state index in [1.165, 1.54) is 0 Å². The van der Waals surface area contributed by atoms with E-state index < -0.39 is 10.8 Å². The molecule has 3 heterocycles. The predicted octanol–water partition coefficient (Wildman–Crippen LogP) is 2.34. The fourth-order valence-electron chi connectivity index (χ4n) is 7.17. The molecule has 4 amide bonds. The van der Waals surface area contributed by atoms with Crippen LogP contribution in [0.4, 0.5) is 11.5 Å². The number of piperidine rings is 1. The first-order valence-electron chi connectivity index (χ1n) is 15.8. The van der Waals surface area contributed by atoms with Crippen LogP contribution < -0.4 is 21.7 Å². The Kier molecular flexibility index (Phi) is 8.63. The second-order valence-electron chi connectivity index (χ2n) is 12.9. The first kappa shape index (κ1) is 31.4. The number of fused-ring (bicyclic) bond motifs is 3. The van der Waals surface area contributed by atoms with Crippen molar-refractivity contribution in [2.24, 2.45) is 11.1 Å². The Labute approximate surface area is 268 Å². The van der Waals surface area contributed by atoms with Gasteiger partial charge in [0.1, 0.15) is 12.4 Å². The quantitative estimate of drug-likeness (QED) is 0.286. The Hall–Kier alpha value is -4.61. The lowest BCUT2D eigenvalue weighted by atomic mass is 9.78. The SMILES string of the molecule is CNCc1ccccc1CN(CC(=O)Nc1ccc2c(c1)C[C@@]1(C2)C(=O)Nc2ncccc21)C(=O)C1(C)CCN(C(=O)CN)CC1. The van der Waals surface area contributed by atoms with Crippen LogP contribution in [0, 0.1) is 5.41 Å². The zero-order chi connectivity index (χ0) is 32.5. The highest BCUT2D eigenvalue weighted by atomic mass is 16.2. The largest absolute Gasteiger partial charge is 0.342 e. The van der Waals surface area contributed by atoms with E-state index in [1.807, 2.05) is 68.6 Å². The van der Waals surface area contributed by atoms with Gasteiger partial charge in [0.05, 0.1) is 12.0 Å². The van der Waals surface area contributed by atoms with Crippen LogP contribution in [-0.2, 0) is 50.5 Å². The van der Waals surface area contributed by atoms with Crippen LogP contribution in [0.2, 0.25) is 0 Å². The third-order valence-corrected chi connectivity index (χ3v) is 9.84. The summed E-state index contributed by atoms with van der Waals surface area (Å²) in [6.07, 6.45) is 3.75. The molecule has 11 nitrogen and oxygen atoms in total. The van der Waals surface area contributed by atoms with Crippen molar-refractivity contribution in [1.82, 2.24) is 20.1 Å². The van der Waals surface area contributed by atoms with Crippen LogP contribution in [0.3, 0.4) is 0 Å². The molecule has 1 aliphatic carbocycles. The summed E-state index contributed by atoms with van der Waals surface area (Å²) >= 11 is 0. The molecular weight excluding hydrogens is 582 g/mol. The average molecular weight is 624 g/mol. The number of anilines is 2. The van der Waals surface area contributed by atoms with Gasteiger partial charge in [0, 0.05) is 49.0 Å². The number of pyridine rings is 1. The van der Waals surface area contributed by atoms with Gasteiger partial charge in [0.25, 0.3) is 0 Å². The maximum absolute atomic E-state index is 14.2. The molecule has 0 bridgehead atoms. The molecule has 3 aromatic rings. The topological polar surface area (TPSA) is 150 Å². The number of aromatic nitrogens is 1. The van der Waals surface area contributed by atoms with Crippen molar-refractivity contribution in [3.05, 3.63) is 88.6 Å². The lowest BCUT2D eigenvalue weighted by molar-refractivity contribution is -0.148. The number of nitrogens with zero attached hydrogens (tertiary/aromatic N) is 3. The first-order chi connectivity index (χ1) is 22.2. The molecule has 240 valence electrons. The van der Waals surface area contributed by atoms with Gasteiger partial charge in [0.15, 0.2) is 0 Å². The van der Waals surface area contributed by atoms with Crippen molar-refractivity contribution in [1.29, 1.82) is 0 Å². The molecule has 1 spiro atoms. The maximum Gasteiger partial charge on any atom is 0.244 e. The predicted molar refractivity (Wildman–Crippen MR) is 175 cm³/mol. The lowest BCUT2D eigenvalue weighted by Gasteiger charge is -2.41. The molecule has 46 heavy (non-hydrogen) atoms. The van der Waals surface area contributed by atoms with Gasteiger partial charge in [-0.3, -0.25) is 19.2 Å². The molecule has 2 aliphatic heterocycles. The number of likely N-dealkylation sites (tertiary alicyclic amines) is 1. The van der Waals surface area contributed by atoms with E-state index in [-0.39, 0.29) is 43.3 Å². The van der Waals surface area contributed by atoms with Gasteiger partial charge in [-0.1, -0.05) is 43.3 Å². The van der Waals surface area contributed by atoms with E-state index in [1.54, 1.807) is 16.0 Å². The Morgan fingerprint density at radius 1 is 1.02 bits per heavy atom. The van der Waals surface area contributed by atoms with Crippen LogP contribution in [0.5, 0.6) is 0 Å². The molecule has 0 unspecified atom stereocenters. The highest BCUT2D eigenvalue weighted by molar-refractivity contribution is 6.06. The van der Waals surface area contributed by atoms with E-state index >= 15 is 0 Å². The van der Waals surface area contributed by atoms with Crippen LogP contribution >= 0.6 is 0 Å². The summed E-state index contributed by atoms with van der Waals surface area (Å²) < 4.78 is 0. The van der Waals surface area contributed by atoms with E-state index in [9.17, 15) is 19.2 Å². The lowest BCUT2D eigenvalue weighted by Crippen LogP contribution is -2.52. The third-order valence-electron chi connectivity index (χ3n) is 9.84. The minimum Gasteiger partial charge on any atom is -0.342 e. The number of amides is 4. The standard InChI is InChI=1S/C35H41N7O4/c1-34(11-14-41(15-12-34)30(44)19-36)33(46)42(21-25-7-4-3-6-24(25)20-37-2)22-29(43)39-27-10-9-23-17-35(18-26(23)16-27)28-8-5-13-38-31(28)40-32(35)45/h3-10,13,16,37H,11-12,14-15,17-22,36H2,1-2H3,(H,39,43)(H,38,40,45)/t35-/m1/s1. The maximum atomic E-state index is 14.2. The summed E-state index contributed by atoms with van der Waals surface area (Å²) in [7, 11) is 1.87. The van der Waals surface area contributed by atoms with E-state index in [0.717, 1.165) is 27.8 Å². The zero-order valence-corrected chi connectivity index (χ0v) is 26.4. The van der Waals surface area contributed by atoms with Crippen molar-refractivity contribution in [2.75, 3.05) is 43.9 Å². The minimum absolute atomic E-state index is 0.0533. The van der Waals surface area contributed by atoms with E-state index in [4.69, 9.17) is 5.73 Å². The number of rotatable bonds is 9. The number of nitrogens with one attached hydrogen (secondary N) is 3. The average Bonchev–Trinajstić information content (AvgIpc) is 3.57. The van der Waals surface area contributed by atoms with Gasteiger partial charge in [-0.25, -0.2) is 4.98 Å². The van der Waals surface area contributed by atoms with Gasteiger partial charge in [-0.05, 0) is 73.2 Å². The van der Waals surface area contributed by atoms with Crippen molar-refractivity contribution in [3.63, 3.8) is 0 Å². The van der Waals surface area contributed by atoms with Crippen molar-refractivity contribution in [2.45, 2.75) is 51.1 Å². The fourth-order valence-corrected chi connectivity index (χ4v) is 7.17. The summed E-state index contributed by atoms with van der Waals surface area (Å²) in [5, 5.41) is 9.12. The Balaban J connectivity index is 1.20. The monoisotopic (exact) mass is 623 g/mol. The molecule has 0 saturated carbocycles. The highest BCUT2D eigenvalue weighted by Crippen LogP contribution is 2.47. The Morgan fingerprint density at radius 3 is 2.50 bits per heavy atom. The number of nitrogens with two attached hydrogens (primary N) is 1. The molecule has 1 saturated heterocycles. The Bertz CT molecular complexity index is 1680. The molecule has 1 aromatic heterocycles. The molecule has 11 heteroatoms. The van der Waals surface area contributed by atoms with Crippen LogP contribution in [-0.4, -0.2) is 71.6 Å². The van der Waals surface area contributed by atoms with Gasteiger partial charge in [0.2, 0.25) is 23.6 Å². The Morgan fingerprint density at radius 2 is 1.76 bits per heavy atom. The summed E-state index contributed by atoms with van der Waals surface area (Å²) in [5.74, 6) is 0.0147. The second kappa shape index (κ2) is 12.6. The van der Waals surface area contributed by atoms with Gasteiger partial charge >= 0.3 is 0 Å². The van der Waals surface area contributed by atoms with E-state index in [0.29, 0.717) is 56.8 Å². The number of hydrogen-bond acceptors (Lipinski definition) is 7. The molecule has 6 rings (SSSR count). The smallest absolute Gasteiger partial charge is 0.244 e. The van der Waals surface area contributed by atoms with Crippen molar-refractivity contribution < 1.29 is 19.2 Å². The van der Waals surface area contributed by atoms with Gasteiger partial charge < -0.3 is 31.5 Å². The first-order valence-corrected chi connectivity index (χ1v) is 15.8. The van der Waals surface area contributed by atoms with Crippen molar-refractivity contribution >= 4 is 35.1 Å². The molecule has 0 radical (unpaired) electrons. The summed E-state index contributed by atoms with van der Waals surface area (Å²) in [6.45, 7) is 3.55. The normalized spacial score (nSPS) is 19.4. The number of carbonyl (C=O) groups excluding carboxylic acids is 4. The molecular formula is C35H41N7O4. The molecule has 2 aromatic carbocycles. The number of carbonyl (C=O) groups is 4. The molecule has 1 fully saturated rings. The highest BCUT2D eigenvalue weighted by Gasteiger charge is 2.51. The van der Waals surface area contributed by atoms with Crippen LogP contribution in [0.1, 0.15) is 47.6 Å². The van der Waals surface area contributed by atoms with Gasteiger partial charge in [-0.2, -0.15) is 0 Å². The van der Waals surface area contributed by atoms with E-state index in [2.05, 4.69) is 20.9 Å². The summed E-state index contributed by atoms with van der Waals surface area (Å²) in [4.78, 5) is 60.8. The molecule has 3 aliphatic rings. The molecule has 1 atom stereocenters. The fraction of sp³-hybridized carbons (Fsp3) is 0.400. The third kappa shape index (κ3) is 5.88. The second-order valence-corrected chi connectivity index (χ2v) is 12.9. The minimum atomic E-state index is -0.724.